The summed E-state index contributed by atoms with van der Waals surface area (Å²) in [6.07, 6.45) is 0.640. The van der Waals surface area contributed by atoms with Crippen molar-refractivity contribution in [2.75, 3.05) is 6.54 Å². The fourth-order valence-corrected chi connectivity index (χ4v) is 1.21. The van der Waals surface area contributed by atoms with Crippen LogP contribution in [0.3, 0.4) is 0 Å². The lowest BCUT2D eigenvalue weighted by atomic mass is 10.1. The molecule has 1 atom stereocenters. The van der Waals surface area contributed by atoms with Gasteiger partial charge in [-0.05, 0) is 30.7 Å². The van der Waals surface area contributed by atoms with Crippen LogP contribution >= 0.6 is 24.0 Å². The van der Waals surface area contributed by atoms with Crippen molar-refractivity contribution in [1.82, 2.24) is 0 Å². The normalized spacial score (nSPS) is 12.0. The molecular weight excluding hydrogens is 226 g/mol. The molecular formula is C9H13Cl2FN2. The molecule has 1 aromatic carbocycles. The maximum atomic E-state index is 13.0. The van der Waals surface area contributed by atoms with Crippen LogP contribution in [0.1, 0.15) is 18.0 Å². The molecule has 5 heteroatoms. The molecule has 4 N–H and O–H groups in total. The smallest absolute Gasteiger partial charge is 0.142 e. The molecule has 1 rings (SSSR count). The highest BCUT2D eigenvalue weighted by atomic mass is 35.5. The maximum Gasteiger partial charge on any atom is 0.142 e. The molecule has 0 fully saturated rings. The summed E-state index contributed by atoms with van der Waals surface area (Å²) in [5, 5.41) is 0.115. The maximum absolute atomic E-state index is 13.0. The van der Waals surface area contributed by atoms with Gasteiger partial charge in [0.1, 0.15) is 5.82 Å². The summed E-state index contributed by atoms with van der Waals surface area (Å²) in [6, 6.07) is 4.36. The third-order valence-corrected chi connectivity index (χ3v) is 2.16. The van der Waals surface area contributed by atoms with E-state index in [9.17, 15) is 4.39 Å². The fraction of sp³-hybridized carbons (Fsp3) is 0.333. The Morgan fingerprint density at radius 2 is 2.07 bits per heavy atom. The van der Waals surface area contributed by atoms with Gasteiger partial charge < -0.3 is 11.5 Å². The van der Waals surface area contributed by atoms with E-state index in [1.807, 2.05) is 0 Å². The first-order valence-electron chi connectivity index (χ1n) is 4.05. The Morgan fingerprint density at radius 1 is 1.43 bits per heavy atom. The second-order valence-corrected chi connectivity index (χ2v) is 3.26. The Kier molecular flexibility index (Phi) is 6.04. The van der Waals surface area contributed by atoms with Crippen molar-refractivity contribution >= 4 is 24.0 Å². The highest BCUT2D eigenvalue weighted by Gasteiger charge is 2.07. The van der Waals surface area contributed by atoms with E-state index in [1.54, 1.807) is 6.07 Å². The molecule has 0 aliphatic rings. The first-order chi connectivity index (χ1) is 6.15. The minimum atomic E-state index is -0.438. The molecule has 2 nitrogen and oxygen atoms in total. The molecule has 0 aliphatic heterocycles. The first-order valence-corrected chi connectivity index (χ1v) is 4.43. The Balaban J connectivity index is 0.00000169. The number of rotatable bonds is 3. The van der Waals surface area contributed by atoms with Crippen LogP contribution in [0.15, 0.2) is 18.2 Å². The summed E-state index contributed by atoms with van der Waals surface area (Å²) in [7, 11) is 0. The Morgan fingerprint density at radius 3 is 2.57 bits per heavy atom. The molecule has 1 aromatic rings. The monoisotopic (exact) mass is 238 g/mol. The van der Waals surface area contributed by atoms with Gasteiger partial charge in [-0.1, -0.05) is 17.7 Å². The highest BCUT2D eigenvalue weighted by Crippen LogP contribution is 2.20. The molecule has 0 amide bonds. The van der Waals surface area contributed by atoms with Gasteiger partial charge in [-0.15, -0.1) is 12.4 Å². The third kappa shape index (κ3) is 3.42. The Labute approximate surface area is 93.8 Å². The molecule has 0 spiro atoms. The Bertz CT molecular complexity index is 294. The van der Waals surface area contributed by atoms with Crippen molar-refractivity contribution in [3.8, 4) is 0 Å². The number of halogens is 3. The second-order valence-electron chi connectivity index (χ2n) is 2.86. The van der Waals surface area contributed by atoms with Gasteiger partial charge >= 0.3 is 0 Å². The van der Waals surface area contributed by atoms with Crippen molar-refractivity contribution in [2.24, 2.45) is 11.5 Å². The molecule has 0 bridgehead atoms. The number of benzene rings is 1. The molecule has 0 radical (unpaired) electrons. The summed E-state index contributed by atoms with van der Waals surface area (Å²) >= 11 is 5.52. The van der Waals surface area contributed by atoms with Crippen LogP contribution in [0.4, 0.5) is 4.39 Å². The van der Waals surface area contributed by atoms with Crippen LogP contribution in [0.25, 0.3) is 0 Å². The summed E-state index contributed by atoms with van der Waals surface area (Å²) in [5.74, 6) is -0.438. The van der Waals surface area contributed by atoms with Gasteiger partial charge in [-0.25, -0.2) is 4.39 Å². The van der Waals surface area contributed by atoms with Crippen LogP contribution in [0.2, 0.25) is 5.02 Å². The topological polar surface area (TPSA) is 52.0 Å². The average Bonchev–Trinajstić information content (AvgIpc) is 2.10. The van der Waals surface area contributed by atoms with Crippen molar-refractivity contribution in [3.63, 3.8) is 0 Å². The number of nitrogens with two attached hydrogens (primary N) is 2. The van der Waals surface area contributed by atoms with Crippen molar-refractivity contribution in [1.29, 1.82) is 0 Å². The molecule has 0 aliphatic carbocycles. The van der Waals surface area contributed by atoms with E-state index in [-0.39, 0.29) is 23.5 Å². The van der Waals surface area contributed by atoms with Crippen LogP contribution in [0, 0.1) is 5.82 Å². The predicted molar refractivity (Wildman–Crippen MR) is 59.3 cm³/mol. The zero-order valence-corrected chi connectivity index (χ0v) is 9.11. The van der Waals surface area contributed by atoms with Gasteiger partial charge in [0.15, 0.2) is 0 Å². The van der Waals surface area contributed by atoms with Gasteiger partial charge in [0.05, 0.1) is 5.02 Å². The van der Waals surface area contributed by atoms with E-state index in [0.29, 0.717) is 13.0 Å². The molecule has 14 heavy (non-hydrogen) atoms. The van der Waals surface area contributed by atoms with E-state index in [1.165, 1.54) is 12.1 Å². The lowest BCUT2D eigenvalue weighted by Gasteiger charge is -2.10. The third-order valence-electron chi connectivity index (χ3n) is 1.85. The standard InChI is InChI=1S/C9H12ClFN2.ClH/c10-7-2-1-6(5-8(7)11)9(13)3-4-12;/h1-2,5,9H,3-4,12-13H2;1H/t9-;/m1./s1. The number of hydrogen-bond acceptors (Lipinski definition) is 2. The quantitative estimate of drug-likeness (QED) is 0.849. The van der Waals surface area contributed by atoms with E-state index in [0.717, 1.165) is 5.56 Å². The number of hydrogen-bond donors (Lipinski definition) is 2. The van der Waals surface area contributed by atoms with E-state index >= 15 is 0 Å². The zero-order valence-electron chi connectivity index (χ0n) is 7.54. The van der Waals surface area contributed by atoms with Gasteiger partial charge in [-0.3, -0.25) is 0 Å². The van der Waals surface area contributed by atoms with Crippen LogP contribution in [0.5, 0.6) is 0 Å². The lowest BCUT2D eigenvalue weighted by molar-refractivity contribution is 0.612. The lowest BCUT2D eigenvalue weighted by Crippen LogP contribution is -2.15. The zero-order chi connectivity index (χ0) is 9.84. The summed E-state index contributed by atoms with van der Waals surface area (Å²) in [5.41, 5.74) is 11.8. The molecule has 0 unspecified atom stereocenters. The van der Waals surface area contributed by atoms with Crippen molar-refractivity contribution in [2.45, 2.75) is 12.5 Å². The van der Waals surface area contributed by atoms with Crippen LogP contribution < -0.4 is 11.5 Å². The summed E-state index contributed by atoms with van der Waals surface area (Å²) in [6.45, 7) is 0.491. The van der Waals surface area contributed by atoms with Crippen molar-refractivity contribution < 1.29 is 4.39 Å². The second kappa shape index (κ2) is 6.19. The van der Waals surface area contributed by atoms with Gasteiger partial charge in [0.2, 0.25) is 0 Å². The predicted octanol–water partition coefficient (Wildman–Crippen LogP) is 2.25. The van der Waals surface area contributed by atoms with Gasteiger partial charge in [-0.2, -0.15) is 0 Å². The SMILES string of the molecule is Cl.NCC[C@@H](N)c1ccc(Cl)c(F)c1. The summed E-state index contributed by atoms with van der Waals surface area (Å²) < 4.78 is 13.0. The molecule has 0 saturated carbocycles. The molecule has 0 aromatic heterocycles. The highest BCUT2D eigenvalue weighted by molar-refractivity contribution is 6.30. The van der Waals surface area contributed by atoms with E-state index < -0.39 is 5.82 Å². The molecule has 80 valence electrons. The van der Waals surface area contributed by atoms with Crippen LogP contribution in [-0.2, 0) is 0 Å². The van der Waals surface area contributed by atoms with Crippen molar-refractivity contribution in [3.05, 3.63) is 34.6 Å². The summed E-state index contributed by atoms with van der Waals surface area (Å²) in [4.78, 5) is 0. The van der Waals surface area contributed by atoms with E-state index in [2.05, 4.69) is 0 Å². The van der Waals surface area contributed by atoms with Crippen LogP contribution in [-0.4, -0.2) is 6.54 Å². The van der Waals surface area contributed by atoms with Gasteiger partial charge in [0.25, 0.3) is 0 Å². The first kappa shape index (κ1) is 13.7. The Hall–Kier alpha value is -0.350. The minimum absolute atomic E-state index is 0. The van der Waals surface area contributed by atoms with E-state index in [4.69, 9.17) is 23.1 Å². The molecule has 0 heterocycles. The average molecular weight is 239 g/mol. The fourth-order valence-electron chi connectivity index (χ4n) is 1.09. The minimum Gasteiger partial charge on any atom is -0.330 e. The largest absolute Gasteiger partial charge is 0.330 e. The molecule has 0 saturated heterocycles. The van der Waals surface area contributed by atoms with Gasteiger partial charge in [0, 0.05) is 6.04 Å².